The molecule has 2 aromatic rings. The van der Waals surface area contributed by atoms with E-state index in [1.807, 2.05) is 0 Å². The number of hydrogen-bond donors (Lipinski definition) is 1. The first-order chi connectivity index (χ1) is 9.30. The minimum Gasteiger partial charge on any atom is -0.316 e. The quantitative estimate of drug-likeness (QED) is 0.914. The second kappa shape index (κ2) is 5.16. The van der Waals surface area contributed by atoms with Gasteiger partial charge in [-0.1, -0.05) is 0 Å². The predicted octanol–water partition coefficient (Wildman–Crippen LogP) is 3.14. The molecule has 2 aromatic heterocycles. The monoisotopic (exact) mass is 358 g/mol. The van der Waals surface area contributed by atoms with Gasteiger partial charge in [-0.3, -0.25) is 0 Å². The molecule has 104 valence electrons. The fourth-order valence-electron chi connectivity index (χ4n) is 1.65. The van der Waals surface area contributed by atoms with Crippen LogP contribution in [0.4, 0.5) is 8.78 Å². The lowest BCUT2D eigenvalue weighted by Crippen LogP contribution is -2.48. The SMILES string of the molecule is CC(N)(c1cc(Br)cs1)C(F)(F)c1ncncc1C#N. The first kappa shape index (κ1) is 15.0. The number of halogens is 3. The summed E-state index contributed by atoms with van der Waals surface area (Å²) in [4.78, 5) is 7.41. The highest BCUT2D eigenvalue weighted by atomic mass is 79.9. The van der Waals surface area contributed by atoms with E-state index in [4.69, 9.17) is 11.0 Å². The molecule has 0 fully saturated rings. The maximum absolute atomic E-state index is 14.7. The highest BCUT2D eigenvalue weighted by molar-refractivity contribution is 9.10. The number of nitrogens with two attached hydrogens (primary N) is 1. The smallest absolute Gasteiger partial charge is 0.313 e. The van der Waals surface area contributed by atoms with Crippen molar-refractivity contribution in [2.45, 2.75) is 18.4 Å². The Morgan fingerprint density at radius 2 is 2.20 bits per heavy atom. The summed E-state index contributed by atoms with van der Waals surface area (Å²) in [5, 5.41) is 10.6. The molecule has 8 heteroatoms. The summed E-state index contributed by atoms with van der Waals surface area (Å²) in [7, 11) is 0. The van der Waals surface area contributed by atoms with Crippen LogP contribution >= 0.6 is 27.3 Å². The number of alkyl halides is 2. The van der Waals surface area contributed by atoms with E-state index in [0.717, 1.165) is 23.9 Å². The van der Waals surface area contributed by atoms with E-state index < -0.39 is 17.2 Å². The Morgan fingerprint density at radius 3 is 2.75 bits per heavy atom. The molecule has 0 aliphatic carbocycles. The van der Waals surface area contributed by atoms with E-state index in [1.54, 1.807) is 11.4 Å². The van der Waals surface area contributed by atoms with Gasteiger partial charge in [-0.05, 0) is 28.9 Å². The van der Waals surface area contributed by atoms with E-state index >= 15 is 0 Å². The number of rotatable bonds is 3. The van der Waals surface area contributed by atoms with Crippen LogP contribution in [-0.4, -0.2) is 9.97 Å². The van der Waals surface area contributed by atoms with Crippen LogP contribution in [-0.2, 0) is 11.5 Å². The third kappa shape index (κ3) is 2.32. The van der Waals surface area contributed by atoms with Gasteiger partial charge in [-0.25, -0.2) is 9.97 Å². The van der Waals surface area contributed by atoms with Gasteiger partial charge in [0.1, 0.15) is 23.6 Å². The van der Waals surface area contributed by atoms with E-state index in [0.29, 0.717) is 4.47 Å². The molecule has 0 aliphatic heterocycles. The molecule has 1 unspecified atom stereocenters. The Labute approximate surface area is 126 Å². The van der Waals surface area contributed by atoms with Crippen LogP contribution in [0.2, 0.25) is 0 Å². The molecule has 0 amide bonds. The molecule has 2 rings (SSSR count). The Morgan fingerprint density at radius 1 is 1.50 bits per heavy atom. The first-order valence-corrected chi connectivity index (χ1v) is 7.09. The largest absolute Gasteiger partial charge is 0.316 e. The molecule has 2 heterocycles. The average molecular weight is 359 g/mol. The molecule has 0 bridgehead atoms. The van der Waals surface area contributed by atoms with Gasteiger partial charge in [-0.15, -0.1) is 11.3 Å². The zero-order valence-corrected chi connectivity index (χ0v) is 12.7. The highest BCUT2D eigenvalue weighted by Gasteiger charge is 2.53. The van der Waals surface area contributed by atoms with E-state index in [-0.39, 0.29) is 10.4 Å². The van der Waals surface area contributed by atoms with Gasteiger partial charge < -0.3 is 5.73 Å². The van der Waals surface area contributed by atoms with Gasteiger partial charge in [0.05, 0.1) is 5.56 Å². The van der Waals surface area contributed by atoms with Crippen LogP contribution in [0, 0.1) is 11.3 Å². The second-order valence-corrected chi connectivity index (χ2v) is 6.13. The van der Waals surface area contributed by atoms with Gasteiger partial charge in [0.15, 0.2) is 0 Å². The van der Waals surface area contributed by atoms with Crippen molar-refractivity contribution < 1.29 is 8.78 Å². The van der Waals surface area contributed by atoms with Crippen molar-refractivity contribution in [2.75, 3.05) is 0 Å². The van der Waals surface area contributed by atoms with Crippen molar-refractivity contribution in [3.8, 4) is 6.07 Å². The normalized spacial score (nSPS) is 14.6. The van der Waals surface area contributed by atoms with E-state index in [2.05, 4.69) is 25.9 Å². The topological polar surface area (TPSA) is 75.6 Å². The molecule has 20 heavy (non-hydrogen) atoms. The van der Waals surface area contributed by atoms with Crippen LogP contribution in [0.25, 0.3) is 0 Å². The molecule has 0 aliphatic rings. The third-order valence-corrected chi connectivity index (χ3v) is 4.79. The summed E-state index contributed by atoms with van der Waals surface area (Å²) in [6.45, 7) is 1.22. The summed E-state index contributed by atoms with van der Waals surface area (Å²) < 4.78 is 30.1. The van der Waals surface area contributed by atoms with Crippen LogP contribution in [0.5, 0.6) is 0 Å². The maximum Gasteiger partial charge on any atom is 0.313 e. The minimum atomic E-state index is -3.51. The predicted molar refractivity (Wildman–Crippen MR) is 74.2 cm³/mol. The fraction of sp³-hybridized carbons (Fsp3) is 0.250. The number of nitriles is 1. The van der Waals surface area contributed by atoms with Gasteiger partial charge in [0, 0.05) is 20.9 Å². The third-order valence-electron chi connectivity index (χ3n) is 2.86. The minimum absolute atomic E-state index is 0.287. The Bertz CT molecular complexity index is 678. The molecule has 2 N–H and O–H groups in total. The number of aromatic nitrogens is 2. The number of nitrogens with zero attached hydrogens (tertiary/aromatic N) is 3. The van der Waals surface area contributed by atoms with Gasteiger partial charge >= 0.3 is 5.92 Å². The van der Waals surface area contributed by atoms with Crippen molar-refractivity contribution in [1.29, 1.82) is 5.26 Å². The molecule has 0 saturated carbocycles. The molecule has 4 nitrogen and oxygen atoms in total. The van der Waals surface area contributed by atoms with Crippen molar-refractivity contribution >= 4 is 27.3 Å². The number of thiophene rings is 1. The average Bonchev–Trinajstić information content (AvgIpc) is 2.85. The van der Waals surface area contributed by atoms with Crippen molar-refractivity contribution in [3.05, 3.63) is 44.6 Å². The van der Waals surface area contributed by atoms with Gasteiger partial charge in [-0.2, -0.15) is 14.0 Å². The first-order valence-electron chi connectivity index (χ1n) is 5.42. The molecule has 1 atom stereocenters. The fourth-order valence-corrected chi connectivity index (χ4v) is 3.18. The molecule has 0 saturated heterocycles. The lowest BCUT2D eigenvalue weighted by molar-refractivity contribution is -0.0807. The van der Waals surface area contributed by atoms with E-state index in [9.17, 15) is 8.78 Å². The maximum atomic E-state index is 14.7. The Hall–Kier alpha value is -1.43. The lowest BCUT2D eigenvalue weighted by atomic mass is 9.89. The standard InChI is InChI=1S/C12H9BrF2N4S/c1-11(17,9-2-8(13)5-20-9)12(14,15)10-7(3-16)4-18-6-19-10/h2,4-6H,17H2,1H3. The molecular weight excluding hydrogens is 350 g/mol. The van der Waals surface area contributed by atoms with Crippen LogP contribution in [0.15, 0.2) is 28.4 Å². The lowest BCUT2D eigenvalue weighted by Gasteiger charge is -2.32. The molecule has 0 spiro atoms. The van der Waals surface area contributed by atoms with Crippen molar-refractivity contribution in [1.82, 2.24) is 9.97 Å². The summed E-state index contributed by atoms with van der Waals surface area (Å²) >= 11 is 4.32. The highest BCUT2D eigenvalue weighted by Crippen LogP contribution is 2.45. The van der Waals surface area contributed by atoms with Gasteiger partial charge in [0.2, 0.25) is 0 Å². The zero-order chi connectivity index (χ0) is 15.0. The van der Waals surface area contributed by atoms with E-state index in [1.165, 1.54) is 13.0 Å². The summed E-state index contributed by atoms with van der Waals surface area (Å²) in [5.41, 5.74) is 2.92. The second-order valence-electron chi connectivity index (χ2n) is 4.30. The molecule has 0 aromatic carbocycles. The van der Waals surface area contributed by atoms with Gasteiger partial charge in [0.25, 0.3) is 0 Å². The van der Waals surface area contributed by atoms with Crippen molar-refractivity contribution in [3.63, 3.8) is 0 Å². The number of hydrogen-bond acceptors (Lipinski definition) is 5. The zero-order valence-electron chi connectivity index (χ0n) is 10.3. The molecular formula is C12H9BrF2N4S. The van der Waals surface area contributed by atoms with Crippen LogP contribution in [0.3, 0.4) is 0 Å². The summed E-state index contributed by atoms with van der Waals surface area (Å²) in [6, 6.07) is 3.20. The van der Waals surface area contributed by atoms with Crippen molar-refractivity contribution in [2.24, 2.45) is 5.73 Å². The summed E-state index contributed by atoms with van der Waals surface area (Å²) in [5.74, 6) is -3.51. The molecule has 0 radical (unpaired) electrons. The van der Waals surface area contributed by atoms with Crippen LogP contribution < -0.4 is 5.73 Å². The summed E-state index contributed by atoms with van der Waals surface area (Å²) in [6.07, 6.45) is 2.03. The van der Waals surface area contributed by atoms with Crippen LogP contribution in [0.1, 0.15) is 23.1 Å². The Balaban J connectivity index is 2.57. The Kier molecular flexibility index (Phi) is 3.86.